The lowest BCUT2D eigenvalue weighted by molar-refractivity contribution is -0.133. The number of benzene rings is 1. The van der Waals surface area contributed by atoms with Gasteiger partial charge in [-0.05, 0) is 44.0 Å². The second-order valence-electron chi connectivity index (χ2n) is 6.87. The molecule has 2 atom stereocenters. The van der Waals surface area contributed by atoms with Crippen LogP contribution in [0.3, 0.4) is 0 Å². The van der Waals surface area contributed by atoms with Gasteiger partial charge in [-0.3, -0.25) is 9.69 Å². The van der Waals surface area contributed by atoms with Crippen molar-refractivity contribution in [1.82, 2.24) is 15.1 Å². The predicted molar refractivity (Wildman–Crippen MR) is 95.2 cm³/mol. The number of hydrogen-bond acceptors (Lipinski definition) is 4. The fraction of sp³-hybridized carbons (Fsp3) is 0.632. The molecule has 0 aromatic heterocycles. The summed E-state index contributed by atoms with van der Waals surface area (Å²) in [6, 6.07) is 9.01. The first-order valence-electron chi connectivity index (χ1n) is 9.06. The van der Waals surface area contributed by atoms with Gasteiger partial charge in [-0.1, -0.05) is 12.1 Å². The van der Waals surface area contributed by atoms with Gasteiger partial charge in [0.25, 0.3) is 0 Å². The Balaban J connectivity index is 1.51. The van der Waals surface area contributed by atoms with Crippen molar-refractivity contribution in [3.8, 4) is 5.75 Å². The van der Waals surface area contributed by atoms with Gasteiger partial charge in [0.2, 0.25) is 5.91 Å². The first-order valence-corrected chi connectivity index (χ1v) is 9.06. The van der Waals surface area contributed by atoms with E-state index >= 15 is 0 Å². The van der Waals surface area contributed by atoms with E-state index < -0.39 is 0 Å². The summed E-state index contributed by atoms with van der Waals surface area (Å²) in [6.07, 6.45) is 2.99. The highest BCUT2D eigenvalue weighted by atomic mass is 16.5. The smallest absolute Gasteiger partial charge is 0.224 e. The van der Waals surface area contributed by atoms with E-state index in [1.54, 1.807) is 7.11 Å². The van der Waals surface area contributed by atoms with Gasteiger partial charge in [-0.2, -0.15) is 0 Å². The van der Waals surface area contributed by atoms with E-state index in [1.165, 1.54) is 12.0 Å². The number of piperazine rings is 1. The molecule has 2 unspecified atom stereocenters. The van der Waals surface area contributed by atoms with Crippen molar-refractivity contribution in [1.29, 1.82) is 0 Å². The summed E-state index contributed by atoms with van der Waals surface area (Å²) in [7, 11) is 1.70. The summed E-state index contributed by atoms with van der Waals surface area (Å²) < 4.78 is 5.33. The minimum Gasteiger partial charge on any atom is -0.497 e. The van der Waals surface area contributed by atoms with Crippen LogP contribution in [0.15, 0.2) is 24.3 Å². The average molecular weight is 331 g/mol. The van der Waals surface area contributed by atoms with Crippen LogP contribution in [0.2, 0.25) is 0 Å². The summed E-state index contributed by atoms with van der Waals surface area (Å²) in [6.45, 7) is 6.82. The minimum atomic E-state index is 0.308. The van der Waals surface area contributed by atoms with Gasteiger partial charge in [-0.15, -0.1) is 0 Å². The van der Waals surface area contributed by atoms with E-state index in [1.807, 2.05) is 17.0 Å². The van der Waals surface area contributed by atoms with Crippen molar-refractivity contribution in [2.75, 3.05) is 39.8 Å². The highest BCUT2D eigenvalue weighted by Gasteiger charge is 2.27. The number of methoxy groups -OCH3 is 1. The Bertz CT molecular complexity index is 549. The Morgan fingerprint density at radius 3 is 2.79 bits per heavy atom. The maximum Gasteiger partial charge on any atom is 0.224 e. The maximum atomic E-state index is 12.4. The molecule has 0 spiro atoms. The van der Waals surface area contributed by atoms with Crippen LogP contribution in [0.4, 0.5) is 0 Å². The molecule has 2 saturated heterocycles. The third-order valence-electron chi connectivity index (χ3n) is 5.37. The fourth-order valence-corrected chi connectivity index (χ4v) is 3.74. The molecule has 3 rings (SSSR count). The van der Waals surface area contributed by atoms with Crippen LogP contribution in [0, 0.1) is 0 Å². The van der Waals surface area contributed by atoms with E-state index in [2.05, 4.69) is 29.3 Å². The van der Waals surface area contributed by atoms with Crippen molar-refractivity contribution in [2.24, 2.45) is 0 Å². The lowest BCUT2D eigenvalue weighted by Crippen LogP contribution is -2.50. The van der Waals surface area contributed by atoms with Gasteiger partial charge in [0, 0.05) is 44.7 Å². The number of amides is 1. The molecule has 0 saturated carbocycles. The Hall–Kier alpha value is -1.59. The largest absolute Gasteiger partial charge is 0.497 e. The molecule has 1 amide bonds. The van der Waals surface area contributed by atoms with Crippen molar-refractivity contribution in [2.45, 2.75) is 38.3 Å². The molecule has 1 aromatic rings. The molecule has 2 aliphatic heterocycles. The first kappa shape index (κ1) is 17.2. The normalized spacial score (nSPS) is 23.2. The number of nitrogens with one attached hydrogen (secondary N) is 1. The summed E-state index contributed by atoms with van der Waals surface area (Å²) >= 11 is 0. The van der Waals surface area contributed by atoms with Gasteiger partial charge in [0.05, 0.1) is 7.11 Å². The molecule has 132 valence electrons. The zero-order valence-electron chi connectivity index (χ0n) is 14.8. The fourth-order valence-electron chi connectivity index (χ4n) is 3.74. The molecule has 2 aliphatic rings. The van der Waals surface area contributed by atoms with E-state index in [9.17, 15) is 4.79 Å². The number of carbonyl (C=O) groups is 1. The van der Waals surface area contributed by atoms with Gasteiger partial charge in [0.1, 0.15) is 5.75 Å². The highest BCUT2D eigenvalue weighted by Crippen LogP contribution is 2.25. The number of ether oxygens (including phenoxy) is 1. The van der Waals surface area contributed by atoms with Gasteiger partial charge < -0.3 is 15.0 Å². The van der Waals surface area contributed by atoms with Crippen LogP contribution in [-0.4, -0.2) is 61.6 Å². The Kier molecular flexibility index (Phi) is 5.74. The topological polar surface area (TPSA) is 44.8 Å². The monoisotopic (exact) mass is 331 g/mol. The molecule has 24 heavy (non-hydrogen) atoms. The highest BCUT2D eigenvalue weighted by molar-refractivity contribution is 5.77. The minimum absolute atomic E-state index is 0.308. The van der Waals surface area contributed by atoms with Crippen LogP contribution in [0.5, 0.6) is 5.75 Å². The third-order valence-corrected chi connectivity index (χ3v) is 5.37. The van der Waals surface area contributed by atoms with Gasteiger partial charge >= 0.3 is 0 Å². The molecular formula is C19H29N3O2. The lowest BCUT2D eigenvalue weighted by atomic mass is 10.1. The molecule has 1 N–H and O–H groups in total. The number of rotatable bonds is 5. The van der Waals surface area contributed by atoms with Crippen LogP contribution in [0.1, 0.15) is 37.8 Å². The van der Waals surface area contributed by atoms with E-state index in [4.69, 9.17) is 4.74 Å². The first-order chi connectivity index (χ1) is 11.7. The maximum absolute atomic E-state index is 12.4. The van der Waals surface area contributed by atoms with E-state index in [0.29, 0.717) is 24.4 Å². The predicted octanol–water partition coefficient (Wildman–Crippen LogP) is 2.04. The SMILES string of the molecule is COc1cccc(C(C)N2CCN(C(=O)CC3CCCN3)CC2)c1. The van der Waals surface area contributed by atoms with Crippen molar-refractivity contribution < 1.29 is 9.53 Å². The lowest BCUT2D eigenvalue weighted by Gasteiger charge is -2.38. The Morgan fingerprint density at radius 1 is 1.33 bits per heavy atom. The molecule has 5 heteroatoms. The van der Waals surface area contributed by atoms with Crippen molar-refractivity contribution >= 4 is 5.91 Å². The molecule has 0 radical (unpaired) electrons. The van der Waals surface area contributed by atoms with Crippen molar-refractivity contribution in [3.05, 3.63) is 29.8 Å². The van der Waals surface area contributed by atoms with Crippen LogP contribution in [-0.2, 0) is 4.79 Å². The van der Waals surface area contributed by atoms with Gasteiger partial charge in [0.15, 0.2) is 0 Å². The Morgan fingerprint density at radius 2 is 2.12 bits per heavy atom. The molecule has 2 fully saturated rings. The molecule has 0 bridgehead atoms. The van der Waals surface area contributed by atoms with Crippen LogP contribution in [0.25, 0.3) is 0 Å². The standard InChI is InChI=1S/C19H29N3O2/c1-15(16-5-3-7-18(13-16)24-2)21-9-11-22(12-10-21)19(23)14-17-6-4-8-20-17/h3,5,7,13,15,17,20H,4,6,8-12,14H2,1-2H3. The molecule has 2 heterocycles. The number of nitrogens with zero attached hydrogens (tertiary/aromatic N) is 2. The second kappa shape index (κ2) is 7.99. The molecule has 5 nitrogen and oxygen atoms in total. The average Bonchev–Trinajstić information content (AvgIpc) is 3.14. The van der Waals surface area contributed by atoms with Crippen molar-refractivity contribution in [3.63, 3.8) is 0 Å². The molecule has 1 aromatic carbocycles. The van der Waals surface area contributed by atoms with E-state index in [-0.39, 0.29) is 0 Å². The summed E-state index contributed by atoms with van der Waals surface area (Å²) in [5.41, 5.74) is 1.27. The Labute approximate surface area is 145 Å². The second-order valence-corrected chi connectivity index (χ2v) is 6.87. The van der Waals surface area contributed by atoms with Crippen LogP contribution >= 0.6 is 0 Å². The number of carbonyl (C=O) groups excluding carboxylic acids is 1. The van der Waals surface area contributed by atoms with Crippen LogP contribution < -0.4 is 10.1 Å². The molecular weight excluding hydrogens is 302 g/mol. The van der Waals surface area contributed by atoms with E-state index in [0.717, 1.165) is 44.9 Å². The third kappa shape index (κ3) is 4.08. The quantitative estimate of drug-likeness (QED) is 0.897. The zero-order chi connectivity index (χ0) is 16.9. The zero-order valence-corrected chi connectivity index (χ0v) is 14.8. The summed E-state index contributed by atoms with van der Waals surface area (Å²) in [5, 5.41) is 3.42. The number of hydrogen-bond donors (Lipinski definition) is 1. The summed E-state index contributed by atoms with van der Waals surface area (Å²) in [4.78, 5) is 16.9. The summed E-state index contributed by atoms with van der Waals surface area (Å²) in [5.74, 6) is 1.21. The van der Waals surface area contributed by atoms with Gasteiger partial charge in [-0.25, -0.2) is 0 Å². The molecule has 0 aliphatic carbocycles.